The van der Waals surface area contributed by atoms with Gasteiger partial charge in [0.15, 0.2) is 5.96 Å². The number of aliphatic carboxylic acids is 1. The smallest absolute Gasteiger partial charge is 0.305 e. The summed E-state index contributed by atoms with van der Waals surface area (Å²) in [6.07, 6.45) is -0.168. The van der Waals surface area contributed by atoms with Gasteiger partial charge in [0.25, 0.3) is 11.8 Å². The molecular weight excluding hydrogens is 362 g/mol. The first kappa shape index (κ1) is 20.4. The molecule has 0 unspecified atom stereocenters. The molecule has 0 spiro atoms. The molecule has 0 radical (unpaired) electrons. The van der Waals surface area contributed by atoms with Gasteiger partial charge >= 0.3 is 5.97 Å². The SMILES string of the molecule is NC(N)=NCc1cccc(C(=O)Nc2cccc(C(=O)NCCC(=O)O)c2)c1. The number of carboxylic acid groups (broad SMARTS) is 1. The Bertz CT molecular complexity index is 907. The number of aliphatic imine (C=N–C) groups is 1. The first-order chi connectivity index (χ1) is 13.3. The number of hydrogen-bond donors (Lipinski definition) is 5. The lowest BCUT2D eigenvalue weighted by Crippen LogP contribution is -2.26. The Balaban J connectivity index is 2.04. The van der Waals surface area contributed by atoms with Gasteiger partial charge in [-0.2, -0.15) is 0 Å². The normalized spacial score (nSPS) is 10.0. The molecule has 146 valence electrons. The van der Waals surface area contributed by atoms with Crippen LogP contribution in [-0.4, -0.2) is 35.4 Å². The van der Waals surface area contributed by atoms with Gasteiger partial charge in [0.2, 0.25) is 0 Å². The molecule has 0 aliphatic heterocycles. The number of rotatable bonds is 8. The molecule has 0 aliphatic carbocycles. The number of nitrogens with two attached hydrogens (primary N) is 2. The molecule has 0 heterocycles. The molecule has 2 amide bonds. The third-order valence-electron chi connectivity index (χ3n) is 3.64. The quantitative estimate of drug-likeness (QED) is 0.336. The van der Waals surface area contributed by atoms with Crippen molar-refractivity contribution in [3.8, 4) is 0 Å². The minimum Gasteiger partial charge on any atom is -0.481 e. The monoisotopic (exact) mass is 383 g/mol. The van der Waals surface area contributed by atoms with Crippen LogP contribution in [0.25, 0.3) is 0 Å². The average Bonchev–Trinajstić information content (AvgIpc) is 2.66. The average molecular weight is 383 g/mol. The number of nitrogens with one attached hydrogen (secondary N) is 2. The van der Waals surface area contributed by atoms with Gasteiger partial charge in [-0.15, -0.1) is 0 Å². The highest BCUT2D eigenvalue weighted by Crippen LogP contribution is 2.14. The van der Waals surface area contributed by atoms with Crippen molar-refractivity contribution >= 4 is 29.4 Å². The van der Waals surface area contributed by atoms with Crippen LogP contribution in [0.15, 0.2) is 53.5 Å². The van der Waals surface area contributed by atoms with Gasteiger partial charge in [0.05, 0.1) is 13.0 Å². The third-order valence-corrected chi connectivity index (χ3v) is 3.64. The summed E-state index contributed by atoms with van der Waals surface area (Å²) in [6.45, 7) is 0.281. The fourth-order valence-electron chi connectivity index (χ4n) is 2.32. The number of hydrogen-bond acceptors (Lipinski definition) is 4. The van der Waals surface area contributed by atoms with Crippen molar-refractivity contribution in [3.63, 3.8) is 0 Å². The van der Waals surface area contributed by atoms with Gasteiger partial charge in [-0.3, -0.25) is 14.4 Å². The van der Waals surface area contributed by atoms with E-state index in [9.17, 15) is 14.4 Å². The molecule has 0 aromatic heterocycles. The Morgan fingerprint density at radius 3 is 2.32 bits per heavy atom. The molecule has 9 heteroatoms. The first-order valence-electron chi connectivity index (χ1n) is 8.41. The van der Waals surface area contributed by atoms with E-state index in [1.807, 2.05) is 0 Å². The maximum Gasteiger partial charge on any atom is 0.305 e. The van der Waals surface area contributed by atoms with Crippen LogP contribution in [0.3, 0.4) is 0 Å². The van der Waals surface area contributed by atoms with E-state index >= 15 is 0 Å². The van der Waals surface area contributed by atoms with E-state index in [2.05, 4.69) is 15.6 Å². The second-order valence-corrected chi connectivity index (χ2v) is 5.88. The number of carbonyl (C=O) groups excluding carboxylic acids is 2. The van der Waals surface area contributed by atoms with Gasteiger partial charge in [-0.25, -0.2) is 4.99 Å². The number of anilines is 1. The summed E-state index contributed by atoms with van der Waals surface area (Å²) in [6, 6.07) is 13.2. The maximum absolute atomic E-state index is 12.5. The van der Waals surface area contributed by atoms with E-state index in [0.717, 1.165) is 5.56 Å². The number of carbonyl (C=O) groups is 3. The van der Waals surface area contributed by atoms with E-state index in [-0.39, 0.29) is 31.4 Å². The molecule has 7 N–H and O–H groups in total. The summed E-state index contributed by atoms with van der Waals surface area (Å²) < 4.78 is 0. The number of amides is 2. The molecule has 2 aromatic rings. The van der Waals surface area contributed by atoms with E-state index in [1.54, 1.807) is 42.5 Å². The van der Waals surface area contributed by atoms with Crippen LogP contribution in [-0.2, 0) is 11.3 Å². The molecule has 0 atom stereocenters. The summed E-state index contributed by atoms with van der Waals surface area (Å²) in [7, 11) is 0. The maximum atomic E-state index is 12.5. The van der Waals surface area contributed by atoms with E-state index in [4.69, 9.17) is 16.6 Å². The Kier molecular flexibility index (Phi) is 7.09. The Morgan fingerprint density at radius 2 is 1.64 bits per heavy atom. The lowest BCUT2D eigenvalue weighted by Gasteiger charge is -2.09. The van der Waals surface area contributed by atoms with Crippen LogP contribution in [0.5, 0.6) is 0 Å². The highest BCUT2D eigenvalue weighted by atomic mass is 16.4. The zero-order valence-electron chi connectivity index (χ0n) is 15.0. The molecule has 2 aromatic carbocycles. The number of guanidine groups is 1. The van der Waals surface area contributed by atoms with Crippen molar-refractivity contribution in [1.29, 1.82) is 0 Å². The minimum absolute atomic E-state index is 0.0212. The second-order valence-electron chi connectivity index (χ2n) is 5.88. The number of nitrogens with zero attached hydrogens (tertiary/aromatic N) is 1. The minimum atomic E-state index is -0.997. The number of carboxylic acids is 1. The van der Waals surface area contributed by atoms with Crippen molar-refractivity contribution in [1.82, 2.24) is 5.32 Å². The lowest BCUT2D eigenvalue weighted by molar-refractivity contribution is -0.136. The molecule has 0 bridgehead atoms. The van der Waals surface area contributed by atoms with E-state index in [0.29, 0.717) is 16.8 Å². The van der Waals surface area contributed by atoms with Crippen molar-refractivity contribution in [3.05, 3.63) is 65.2 Å². The Hall–Kier alpha value is -3.88. The van der Waals surface area contributed by atoms with Gasteiger partial charge in [0.1, 0.15) is 0 Å². The van der Waals surface area contributed by atoms with Crippen molar-refractivity contribution < 1.29 is 19.5 Å². The molecule has 2 rings (SSSR count). The van der Waals surface area contributed by atoms with Crippen LogP contribution < -0.4 is 22.1 Å². The highest BCUT2D eigenvalue weighted by molar-refractivity contribution is 6.05. The first-order valence-corrected chi connectivity index (χ1v) is 8.41. The fraction of sp³-hybridized carbons (Fsp3) is 0.158. The van der Waals surface area contributed by atoms with Crippen LogP contribution in [0.2, 0.25) is 0 Å². The largest absolute Gasteiger partial charge is 0.481 e. The fourth-order valence-corrected chi connectivity index (χ4v) is 2.32. The zero-order chi connectivity index (χ0) is 20.5. The number of benzene rings is 2. The van der Waals surface area contributed by atoms with Gasteiger partial charge in [-0.05, 0) is 35.9 Å². The van der Waals surface area contributed by atoms with E-state index in [1.165, 1.54) is 6.07 Å². The van der Waals surface area contributed by atoms with Crippen molar-refractivity contribution in [2.45, 2.75) is 13.0 Å². The molecule has 0 aliphatic rings. The molecular formula is C19H21N5O4. The summed E-state index contributed by atoms with van der Waals surface area (Å²) in [5.41, 5.74) is 12.6. The molecule has 0 fully saturated rings. The zero-order valence-corrected chi connectivity index (χ0v) is 15.0. The standard InChI is InChI=1S/C19H21N5O4/c20-19(21)23-11-12-3-1-4-13(9-12)18(28)24-15-6-2-5-14(10-15)17(27)22-8-7-16(25)26/h1-6,9-10H,7-8,11H2,(H,22,27)(H,24,28)(H,25,26)(H4,20,21,23). The summed E-state index contributed by atoms with van der Waals surface area (Å²) in [5.74, 6) is -1.80. The molecule has 0 saturated carbocycles. The lowest BCUT2D eigenvalue weighted by atomic mass is 10.1. The van der Waals surface area contributed by atoms with Crippen LogP contribution in [0.1, 0.15) is 32.7 Å². The van der Waals surface area contributed by atoms with Crippen molar-refractivity contribution in [2.75, 3.05) is 11.9 Å². The Labute approximate surface area is 161 Å². The van der Waals surface area contributed by atoms with Crippen LogP contribution in [0, 0.1) is 0 Å². The molecule has 0 saturated heterocycles. The topological polar surface area (TPSA) is 160 Å². The van der Waals surface area contributed by atoms with Crippen molar-refractivity contribution in [2.24, 2.45) is 16.5 Å². The van der Waals surface area contributed by atoms with Crippen LogP contribution in [0.4, 0.5) is 5.69 Å². The van der Waals surface area contributed by atoms with Gasteiger partial charge in [-0.1, -0.05) is 18.2 Å². The van der Waals surface area contributed by atoms with Crippen LogP contribution >= 0.6 is 0 Å². The van der Waals surface area contributed by atoms with Gasteiger partial charge < -0.3 is 27.2 Å². The Morgan fingerprint density at radius 1 is 0.964 bits per heavy atom. The van der Waals surface area contributed by atoms with E-state index < -0.39 is 11.9 Å². The third kappa shape index (κ3) is 6.45. The summed E-state index contributed by atoms with van der Waals surface area (Å²) in [4.78, 5) is 38.9. The highest BCUT2D eigenvalue weighted by Gasteiger charge is 2.10. The van der Waals surface area contributed by atoms with Gasteiger partial charge in [0, 0.05) is 23.4 Å². The predicted octanol–water partition coefficient (Wildman–Crippen LogP) is 0.917. The molecule has 9 nitrogen and oxygen atoms in total. The second kappa shape index (κ2) is 9.72. The summed E-state index contributed by atoms with van der Waals surface area (Å²) in [5, 5.41) is 13.8. The predicted molar refractivity (Wildman–Crippen MR) is 105 cm³/mol. The summed E-state index contributed by atoms with van der Waals surface area (Å²) >= 11 is 0. The molecule has 28 heavy (non-hydrogen) atoms.